The van der Waals surface area contributed by atoms with Crippen LogP contribution in [0.1, 0.15) is 120 Å². The number of rotatable bonds is 19. The highest BCUT2D eigenvalue weighted by molar-refractivity contribution is 7.92. The van der Waals surface area contributed by atoms with E-state index in [2.05, 4.69) is 19.7 Å². The van der Waals surface area contributed by atoms with Crippen molar-refractivity contribution in [3.63, 3.8) is 0 Å². The number of nitrogens with zero attached hydrogens (tertiary/aromatic N) is 3. The van der Waals surface area contributed by atoms with Gasteiger partial charge in [-0.2, -0.15) is 39.5 Å². The van der Waals surface area contributed by atoms with Crippen molar-refractivity contribution in [2.45, 2.75) is 111 Å². The van der Waals surface area contributed by atoms with E-state index in [4.69, 9.17) is 34.3 Å². The van der Waals surface area contributed by atoms with Gasteiger partial charge in [0.15, 0.2) is 24.6 Å². The number of Topliss-reactive ketones (excluding diaryl/α,β-unsaturated/α-hetero) is 1. The van der Waals surface area contributed by atoms with Crippen LogP contribution in [-0.4, -0.2) is 96.1 Å². The second-order valence-corrected chi connectivity index (χ2v) is 29.5. The molecule has 8 unspecified atom stereocenters. The number of primary sulfonamides is 1. The highest BCUT2D eigenvalue weighted by Gasteiger charge is 2.45. The number of carbonyl (C=O) groups excluding carboxylic acids is 1. The van der Waals surface area contributed by atoms with E-state index in [1.54, 1.807) is 97.9 Å². The number of fused-ring (bicyclic) bond motifs is 3. The van der Waals surface area contributed by atoms with E-state index in [-0.39, 0.29) is 63.4 Å². The lowest BCUT2D eigenvalue weighted by atomic mass is 9.97. The van der Waals surface area contributed by atoms with Crippen LogP contribution in [-0.2, 0) is 20.0 Å². The van der Waals surface area contributed by atoms with Crippen molar-refractivity contribution >= 4 is 64.6 Å². The zero-order valence-electron chi connectivity index (χ0n) is 55.9. The number of nitrogens with one attached hydrogen (secondary N) is 4. The minimum absolute atomic E-state index is 0.0200. The van der Waals surface area contributed by atoms with Crippen LogP contribution in [0.3, 0.4) is 0 Å². The molecule has 3 saturated carbocycles. The number of carbonyl (C=O) groups is 1. The van der Waals surface area contributed by atoms with Gasteiger partial charge in [0.25, 0.3) is 0 Å². The summed E-state index contributed by atoms with van der Waals surface area (Å²) < 4.78 is 178. The number of hydrogen-bond acceptors (Lipinski definition) is 11. The second kappa shape index (κ2) is 28.3. The lowest BCUT2D eigenvalue weighted by molar-refractivity contribution is -0.189. The Bertz CT molecular complexity index is 5400. The number of halogens is 9. The van der Waals surface area contributed by atoms with Crippen LogP contribution in [0.4, 0.5) is 45.2 Å². The number of ketones is 1. The molecule has 0 aliphatic heterocycles. The topological polar surface area (TPSA) is 237 Å². The van der Waals surface area contributed by atoms with Crippen LogP contribution < -0.4 is 24.1 Å². The quantitative estimate of drug-likeness (QED) is 0.0377. The normalized spacial score (nSPS) is 18.5. The number of hydrogen-bond donors (Lipinski definition) is 5. The van der Waals surface area contributed by atoms with Crippen molar-refractivity contribution < 1.29 is 75.4 Å². The molecular formula is C77H67F9N8O8S2. The minimum atomic E-state index is -4.41. The zero-order valence-corrected chi connectivity index (χ0v) is 57.5. The number of H-pyrrole nitrogens is 3. The number of aromatic amines is 3. The van der Waals surface area contributed by atoms with Gasteiger partial charge >= 0.3 is 18.5 Å². The van der Waals surface area contributed by atoms with E-state index >= 15 is 0 Å². The molecule has 0 spiro atoms. The summed E-state index contributed by atoms with van der Waals surface area (Å²) in [4.78, 5) is 36.4. The molecule has 3 fully saturated rings. The Balaban J connectivity index is 0.000000139. The van der Waals surface area contributed by atoms with E-state index < -0.39 is 57.4 Å². The van der Waals surface area contributed by atoms with Gasteiger partial charge in [-0.05, 0) is 182 Å². The number of benzene rings is 9. The maximum atomic E-state index is 12.7. The molecule has 15 rings (SSSR count). The lowest BCUT2D eigenvalue weighted by Crippen LogP contribution is -2.31. The first kappa shape index (κ1) is 71.9. The largest absolute Gasteiger partial charge is 0.484 e. The van der Waals surface area contributed by atoms with Crippen LogP contribution in [0.5, 0.6) is 17.2 Å². The number of alkyl halides is 9. The Morgan fingerprint density at radius 3 is 1.25 bits per heavy atom. The molecule has 3 aromatic heterocycles. The Hall–Kier alpha value is -10.5. The van der Waals surface area contributed by atoms with Gasteiger partial charge in [0, 0.05) is 34.4 Å². The van der Waals surface area contributed by atoms with Crippen molar-refractivity contribution in [2.75, 3.05) is 17.6 Å². The molecule has 8 atom stereocenters. The minimum Gasteiger partial charge on any atom is -0.484 e. The summed E-state index contributed by atoms with van der Waals surface area (Å²) in [5.74, 6) is 4.39. The molecule has 6 N–H and O–H groups in total. The Labute approximate surface area is 591 Å². The lowest BCUT2D eigenvalue weighted by Gasteiger charge is -2.17. The Kier molecular flexibility index (Phi) is 19.5. The summed E-state index contributed by atoms with van der Waals surface area (Å²) >= 11 is 0. The Morgan fingerprint density at radius 1 is 0.490 bits per heavy atom. The van der Waals surface area contributed by atoms with Crippen molar-refractivity contribution in [1.29, 1.82) is 0 Å². The molecule has 0 amide bonds. The smallest absolute Gasteiger partial charge is 0.425 e. The van der Waals surface area contributed by atoms with E-state index in [1.165, 1.54) is 6.07 Å². The SMILES string of the molecule is CC(=O)c1ccccc1-c1ccc2nc(C3CC3c3ccc(OCC(F)(F)F)cc3)[nH]c2c1.CC(Oc1ccc(C2CC2c2nc3ccc(-c4ccccc4NS(C)(=O)=O)cc3[nH]2)cc1)C(F)(F)F.CC(Oc1ccc(C2CC2c2nc3ccc(-c4ccccc4S(N)(=O)=O)cc3[nH]2)cc1)C(F)(F)F. The standard InChI is InChI=1S/C26H24F3N3O3S.C26H21F3N2O2.C25H22F3N3O3S/c1-15(26(27,28)29)35-18-10-7-16(8-11-18)20-14-21(20)25-30-23-12-9-17(13-24(23)31-25)19-5-3-4-6-22(19)32-36(2,33)34;1-15(32)19-4-2-3-5-20(19)17-8-11-23-24(12-17)31-25(30-23)22-13-21(22)16-6-9-18(10-7-16)33-14-26(27,28)29;1-14(25(26,27)28)34-17-9-6-15(7-10-17)19-13-20(19)24-30-21-11-8-16(12-22(21)31-24)18-4-2-3-5-23(18)35(29,32)33/h3-13,15,20-21,32H,14H2,1-2H3,(H,30,31);2-12,21-22H,13-14H2,1H3,(H,30,31);2-12,14,19-20H,13H2,1H3,(H,30,31)(H2,29,32,33). The molecule has 16 nitrogen and oxygen atoms in total. The second-order valence-electron chi connectivity index (χ2n) is 26.2. The molecular weight excluding hydrogens is 1400 g/mol. The molecule has 9 aromatic carbocycles. The van der Waals surface area contributed by atoms with E-state index in [9.17, 15) is 61.1 Å². The molecule has 0 bridgehead atoms. The van der Waals surface area contributed by atoms with Crippen molar-refractivity contribution in [3.8, 4) is 50.6 Å². The fourth-order valence-electron chi connectivity index (χ4n) is 12.8. The van der Waals surface area contributed by atoms with Crippen LogP contribution >= 0.6 is 0 Å². The van der Waals surface area contributed by atoms with Gasteiger partial charge in [0.05, 0.1) is 49.9 Å². The van der Waals surface area contributed by atoms with E-state index in [0.29, 0.717) is 22.4 Å². The van der Waals surface area contributed by atoms with Gasteiger partial charge in [-0.1, -0.05) is 115 Å². The maximum Gasteiger partial charge on any atom is 0.425 e. The molecule has 104 heavy (non-hydrogen) atoms. The Morgan fingerprint density at radius 2 is 0.856 bits per heavy atom. The molecule has 0 radical (unpaired) electrons. The predicted molar refractivity (Wildman–Crippen MR) is 378 cm³/mol. The van der Waals surface area contributed by atoms with E-state index in [0.717, 1.165) is 129 Å². The molecule has 12 aromatic rings. The number of ether oxygens (including phenoxy) is 3. The van der Waals surface area contributed by atoms with Crippen molar-refractivity contribution in [3.05, 3.63) is 240 Å². The monoisotopic (exact) mass is 1470 g/mol. The van der Waals surface area contributed by atoms with Gasteiger partial charge in [-0.15, -0.1) is 0 Å². The van der Waals surface area contributed by atoms with Gasteiger partial charge < -0.3 is 29.2 Å². The van der Waals surface area contributed by atoms with Crippen LogP contribution in [0, 0.1) is 0 Å². The highest BCUT2D eigenvalue weighted by atomic mass is 32.2. The van der Waals surface area contributed by atoms with Crippen molar-refractivity contribution in [2.24, 2.45) is 5.14 Å². The predicted octanol–water partition coefficient (Wildman–Crippen LogP) is 18.3. The fourth-order valence-corrected chi connectivity index (χ4v) is 14.2. The summed E-state index contributed by atoms with van der Waals surface area (Å²) in [6.07, 6.45) is -13.1. The number of aromatic nitrogens is 6. The summed E-state index contributed by atoms with van der Waals surface area (Å²) in [7, 11) is -7.30. The number of para-hydroxylation sites is 1. The number of imidazole rings is 3. The van der Waals surface area contributed by atoms with Gasteiger partial charge in [-0.25, -0.2) is 36.9 Å². The first-order chi connectivity index (χ1) is 49.3. The van der Waals surface area contributed by atoms with Crippen LogP contribution in [0.25, 0.3) is 66.5 Å². The molecule has 3 aliphatic carbocycles. The number of nitrogens with two attached hydrogens (primary N) is 1. The molecule has 3 aliphatic rings. The highest BCUT2D eigenvalue weighted by Crippen LogP contribution is 2.56. The van der Waals surface area contributed by atoms with E-state index in [1.807, 2.05) is 103 Å². The molecule has 3 heterocycles. The first-order valence-electron chi connectivity index (χ1n) is 33.0. The van der Waals surface area contributed by atoms with Gasteiger partial charge in [0.2, 0.25) is 20.0 Å². The van der Waals surface area contributed by atoms with Crippen LogP contribution in [0.2, 0.25) is 0 Å². The first-order valence-corrected chi connectivity index (χ1v) is 36.5. The average Bonchev–Trinajstić information content (AvgIpc) is 1.61. The summed E-state index contributed by atoms with van der Waals surface area (Å²) in [5, 5.41) is 5.38. The third-order valence-electron chi connectivity index (χ3n) is 18.5. The summed E-state index contributed by atoms with van der Waals surface area (Å²) in [5.41, 5.74) is 13.9. The van der Waals surface area contributed by atoms with Crippen molar-refractivity contribution in [1.82, 2.24) is 29.9 Å². The zero-order chi connectivity index (χ0) is 73.8. The van der Waals surface area contributed by atoms with Gasteiger partial charge in [-0.3, -0.25) is 9.52 Å². The maximum absolute atomic E-state index is 12.7. The molecule has 538 valence electrons. The third-order valence-corrected chi connectivity index (χ3v) is 20.0. The number of sulfonamides is 2. The fraction of sp³-hybridized carbons (Fsp3) is 0.247. The third kappa shape index (κ3) is 16.9. The average molecular weight is 1470 g/mol. The molecule has 0 saturated heterocycles. The van der Waals surface area contributed by atoms with Gasteiger partial charge in [0.1, 0.15) is 34.7 Å². The number of anilines is 1. The summed E-state index contributed by atoms with van der Waals surface area (Å²) in [6.45, 7) is 2.23. The summed E-state index contributed by atoms with van der Waals surface area (Å²) in [6, 6.07) is 58.7. The van der Waals surface area contributed by atoms with Crippen LogP contribution in [0.15, 0.2) is 205 Å². The molecule has 27 heteroatoms.